The standard InChI is InChI=1S/C43H77N3O5/c1-30(2)13-12-14-31(3)35-17-18-36-34-16-15-32-29-33(19-21-42(32,10)37(34)20-22-43(35,36)11)49-28-27-46(25-23-44-38(47)50-40(4,5)6)26-24-45-39(48)51-41(7,8)9/h15,30-31,33-37H,12-14,16-29H2,1-11H3,(H,44,47)(H,45,48). The third kappa shape index (κ3) is 11.6. The lowest BCUT2D eigenvalue weighted by Crippen LogP contribution is -2.51. The molecule has 0 spiro atoms. The second-order valence-electron chi connectivity index (χ2n) is 19.7. The molecular weight excluding hydrogens is 638 g/mol. The maximum Gasteiger partial charge on any atom is 0.407 e. The maximum absolute atomic E-state index is 12.2. The van der Waals surface area contributed by atoms with E-state index in [1.165, 1.54) is 57.8 Å². The molecule has 0 bridgehead atoms. The Morgan fingerprint density at radius 2 is 1.47 bits per heavy atom. The molecule has 8 heteroatoms. The summed E-state index contributed by atoms with van der Waals surface area (Å²) in [5.41, 5.74) is 1.43. The Bertz CT molecular complexity index is 1140. The molecule has 51 heavy (non-hydrogen) atoms. The van der Waals surface area contributed by atoms with Gasteiger partial charge in [0.05, 0.1) is 12.7 Å². The van der Waals surface area contributed by atoms with E-state index in [-0.39, 0.29) is 6.10 Å². The predicted molar refractivity (Wildman–Crippen MR) is 208 cm³/mol. The van der Waals surface area contributed by atoms with Crippen molar-refractivity contribution in [3.05, 3.63) is 11.6 Å². The van der Waals surface area contributed by atoms with Gasteiger partial charge in [0.15, 0.2) is 0 Å². The summed E-state index contributed by atoms with van der Waals surface area (Å²) in [6.07, 6.45) is 16.6. The average Bonchev–Trinajstić information content (AvgIpc) is 3.36. The van der Waals surface area contributed by atoms with Gasteiger partial charge in [-0.2, -0.15) is 0 Å². The van der Waals surface area contributed by atoms with E-state index in [1.807, 2.05) is 41.5 Å². The Morgan fingerprint density at radius 3 is 2.06 bits per heavy atom. The number of carbonyl (C=O) groups is 2. The average molecular weight is 716 g/mol. The minimum atomic E-state index is -0.539. The minimum absolute atomic E-state index is 0.249. The first-order valence-corrected chi connectivity index (χ1v) is 20.8. The van der Waals surface area contributed by atoms with E-state index in [4.69, 9.17) is 14.2 Å². The SMILES string of the molecule is CC(C)CCCC(C)C1CCC2C3CC=C4CC(OCCN(CCNC(=O)OC(C)(C)C)CCNC(=O)OC(C)(C)C)CCC4(C)C3CCC12C. The van der Waals surface area contributed by atoms with Crippen LogP contribution in [0.2, 0.25) is 0 Å². The van der Waals surface area contributed by atoms with E-state index < -0.39 is 23.4 Å². The number of nitrogens with zero attached hydrogens (tertiary/aromatic N) is 1. The highest BCUT2D eigenvalue weighted by Crippen LogP contribution is 2.67. The first-order chi connectivity index (χ1) is 23.8. The molecule has 0 heterocycles. The van der Waals surface area contributed by atoms with Crippen molar-refractivity contribution in [3.8, 4) is 0 Å². The number of ether oxygens (including phenoxy) is 3. The van der Waals surface area contributed by atoms with Gasteiger partial charge in [0, 0.05) is 32.7 Å². The van der Waals surface area contributed by atoms with Crippen molar-refractivity contribution < 1.29 is 23.8 Å². The van der Waals surface area contributed by atoms with Gasteiger partial charge in [0.1, 0.15) is 11.2 Å². The molecule has 294 valence electrons. The van der Waals surface area contributed by atoms with Crippen molar-refractivity contribution in [2.45, 2.75) is 164 Å². The number of nitrogens with one attached hydrogen (secondary N) is 2. The number of allylic oxidation sites excluding steroid dienone is 1. The second kappa shape index (κ2) is 17.6. The van der Waals surface area contributed by atoms with Crippen LogP contribution in [0.25, 0.3) is 0 Å². The van der Waals surface area contributed by atoms with E-state index in [0.29, 0.717) is 43.6 Å². The van der Waals surface area contributed by atoms with Crippen LogP contribution in [0.5, 0.6) is 0 Å². The lowest BCUT2D eigenvalue weighted by molar-refractivity contribution is -0.0648. The number of amides is 2. The van der Waals surface area contributed by atoms with Crippen LogP contribution in [0.3, 0.4) is 0 Å². The summed E-state index contributed by atoms with van der Waals surface area (Å²) in [4.78, 5) is 26.7. The van der Waals surface area contributed by atoms with Gasteiger partial charge in [-0.1, -0.05) is 65.5 Å². The molecule has 0 aromatic heterocycles. The topological polar surface area (TPSA) is 89.1 Å². The van der Waals surface area contributed by atoms with Crippen molar-refractivity contribution in [2.24, 2.45) is 46.3 Å². The van der Waals surface area contributed by atoms with E-state index in [1.54, 1.807) is 5.57 Å². The largest absolute Gasteiger partial charge is 0.444 e. The Morgan fingerprint density at radius 1 is 0.843 bits per heavy atom. The molecule has 8 nitrogen and oxygen atoms in total. The zero-order valence-corrected chi connectivity index (χ0v) is 34.6. The Labute approximate surface area is 312 Å². The quantitative estimate of drug-likeness (QED) is 0.164. The van der Waals surface area contributed by atoms with Crippen molar-refractivity contribution in [1.82, 2.24) is 15.5 Å². The summed E-state index contributed by atoms with van der Waals surface area (Å²) in [6.45, 7) is 27.3. The fourth-order valence-electron chi connectivity index (χ4n) is 10.7. The monoisotopic (exact) mass is 716 g/mol. The Kier molecular flexibility index (Phi) is 14.4. The van der Waals surface area contributed by atoms with Gasteiger partial charge in [-0.3, -0.25) is 4.90 Å². The first-order valence-electron chi connectivity index (χ1n) is 20.8. The fourth-order valence-corrected chi connectivity index (χ4v) is 10.7. The van der Waals surface area contributed by atoms with Gasteiger partial charge < -0.3 is 24.8 Å². The van der Waals surface area contributed by atoms with Crippen LogP contribution in [-0.4, -0.2) is 73.7 Å². The smallest absolute Gasteiger partial charge is 0.407 e. The fraction of sp³-hybridized carbons (Fsp3) is 0.907. The molecule has 4 aliphatic carbocycles. The van der Waals surface area contributed by atoms with E-state index in [9.17, 15) is 9.59 Å². The molecule has 2 amide bonds. The van der Waals surface area contributed by atoms with Crippen LogP contribution in [0, 0.1) is 46.3 Å². The van der Waals surface area contributed by atoms with Crippen molar-refractivity contribution in [1.29, 1.82) is 0 Å². The van der Waals surface area contributed by atoms with Crippen molar-refractivity contribution in [3.63, 3.8) is 0 Å². The summed E-state index contributed by atoms with van der Waals surface area (Å²) in [7, 11) is 0. The van der Waals surface area contributed by atoms with E-state index >= 15 is 0 Å². The van der Waals surface area contributed by atoms with E-state index in [2.05, 4.69) is 56.2 Å². The highest BCUT2D eigenvalue weighted by atomic mass is 16.6. The molecule has 0 aliphatic heterocycles. The molecule has 4 aliphatic rings. The zero-order chi connectivity index (χ0) is 37.6. The molecule has 3 fully saturated rings. The molecule has 8 unspecified atom stereocenters. The van der Waals surface area contributed by atoms with Crippen LogP contribution in [-0.2, 0) is 14.2 Å². The normalized spacial score (nSPS) is 31.3. The lowest BCUT2D eigenvalue weighted by atomic mass is 9.47. The number of alkyl carbamates (subject to hydrolysis) is 2. The summed E-state index contributed by atoms with van der Waals surface area (Å²) in [6, 6.07) is 0. The molecule has 0 saturated heterocycles. The molecule has 0 radical (unpaired) electrons. The van der Waals surface area contributed by atoms with Crippen LogP contribution in [0.4, 0.5) is 9.59 Å². The van der Waals surface area contributed by atoms with Crippen LogP contribution >= 0.6 is 0 Å². The maximum atomic E-state index is 12.2. The van der Waals surface area contributed by atoms with Gasteiger partial charge >= 0.3 is 12.2 Å². The first kappa shape index (κ1) is 41.9. The molecule has 0 aromatic carbocycles. The van der Waals surface area contributed by atoms with E-state index in [0.717, 1.165) is 54.9 Å². The minimum Gasteiger partial charge on any atom is -0.444 e. The molecule has 2 N–H and O–H groups in total. The molecular formula is C43H77N3O5. The predicted octanol–water partition coefficient (Wildman–Crippen LogP) is 9.76. The summed E-state index contributed by atoms with van der Waals surface area (Å²) >= 11 is 0. The van der Waals surface area contributed by atoms with Gasteiger partial charge in [-0.05, 0) is 139 Å². The summed E-state index contributed by atoms with van der Waals surface area (Å²) in [5.74, 6) is 5.12. The van der Waals surface area contributed by atoms with Gasteiger partial charge in [-0.15, -0.1) is 0 Å². The lowest BCUT2D eigenvalue weighted by Gasteiger charge is -2.58. The highest BCUT2D eigenvalue weighted by Gasteiger charge is 2.59. The van der Waals surface area contributed by atoms with Crippen molar-refractivity contribution >= 4 is 12.2 Å². The molecule has 3 saturated carbocycles. The number of hydrogen-bond acceptors (Lipinski definition) is 6. The van der Waals surface area contributed by atoms with Gasteiger partial charge in [0.2, 0.25) is 0 Å². The number of carbonyl (C=O) groups excluding carboxylic acids is 2. The zero-order valence-electron chi connectivity index (χ0n) is 34.6. The number of rotatable bonds is 15. The van der Waals surface area contributed by atoms with Crippen molar-refractivity contribution in [2.75, 3.05) is 39.3 Å². The third-order valence-corrected chi connectivity index (χ3v) is 13.2. The van der Waals surface area contributed by atoms with Crippen LogP contribution < -0.4 is 10.6 Å². The summed E-state index contributed by atoms with van der Waals surface area (Å²) in [5, 5.41) is 5.74. The second-order valence-corrected chi connectivity index (χ2v) is 19.7. The number of hydrogen-bond donors (Lipinski definition) is 2. The molecule has 0 aromatic rings. The van der Waals surface area contributed by atoms with Gasteiger partial charge in [-0.25, -0.2) is 9.59 Å². The molecule has 8 atom stereocenters. The third-order valence-electron chi connectivity index (χ3n) is 13.2. The Balaban J connectivity index is 1.29. The number of fused-ring (bicyclic) bond motifs is 5. The van der Waals surface area contributed by atoms with Crippen LogP contribution in [0.1, 0.15) is 147 Å². The molecule has 4 rings (SSSR count). The van der Waals surface area contributed by atoms with Crippen LogP contribution in [0.15, 0.2) is 11.6 Å². The Hall–Kier alpha value is -1.80. The van der Waals surface area contributed by atoms with Gasteiger partial charge in [0.25, 0.3) is 0 Å². The highest BCUT2D eigenvalue weighted by molar-refractivity contribution is 5.68. The summed E-state index contributed by atoms with van der Waals surface area (Å²) < 4.78 is 17.4.